The summed E-state index contributed by atoms with van der Waals surface area (Å²) in [4.78, 5) is 12.1. The van der Waals surface area contributed by atoms with Crippen molar-refractivity contribution >= 4 is 5.65 Å². The van der Waals surface area contributed by atoms with Gasteiger partial charge in [0.1, 0.15) is 0 Å². The normalized spacial score (nSPS) is 11.9. The Morgan fingerprint density at radius 3 is 2.79 bits per heavy atom. The average Bonchev–Trinajstić information content (AvgIpc) is 2.64. The van der Waals surface area contributed by atoms with E-state index in [1.165, 1.54) is 9.08 Å². The maximum atomic E-state index is 12.1. The molecule has 19 heavy (non-hydrogen) atoms. The first kappa shape index (κ1) is 13.5. The van der Waals surface area contributed by atoms with E-state index in [-0.39, 0.29) is 11.2 Å². The summed E-state index contributed by atoms with van der Waals surface area (Å²) in [6, 6.07) is 5.49. The highest BCUT2D eigenvalue weighted by Gasteiger charge is 2.11. The lowest BCUT2D eigenvalue weighted by molar-refractivity contribution is 0.438. The van der Waals surface area contributed by atoms with Gasteiger partial charge in [0.2, 0.25) is 0 Å². The molecule has 0 unspecified atom stereocenters. The van der Waals surface area contributed by atoms with Gasteiger partial charge in [-0.2, -0.15) is 0 Å². The molecule has 5 heteroatoms. The third-order valence-electron chi connectivity index (χ3n) is 2.73. The Labute approximate surface area is 112 Å². The topological polar surface area (TPSA) is 51.3 Å². The van der Waals surface area contributed by atoms with Gasteiger partial charge < -0.3 is 5.32 Å². The number of hydrogen-bond acceptors (Lipinski definition) is 3. The summed E-state index contributed by atoms with van der Waals surface area (Å²) in [7, 11) is 0. The Morgan fingerprint density at radius 2 is 2.16 bits per heavy atom. The first-order valence-electron chi connectivity index (χ1n) is 6.33. The van der Waals surface area contributed by atoms with Crippen molar-refractivity contribution < 1.29 is 0 Å². The number of aromatic nitrogens is 3. The molecule has 0 radical (unpaired) electrons. The Hall–Kier alpha value is -1.88. The highest BCUT2D eigenvalue weighted by Crippen LogP contribution is 2.02. The number of nitrogens with one attached hydrogen (secondary N) is 1. The van der Waals surface area contributed by atoms with Crippen LogP contribution in [0.1, 0.15) is 20.8 Å². The minimum absolute atomic E-state index is 0.0345. The summed E-state index contributed by atoms with van der Waals surface area (Å²) < 4.78 is 2.98. The lowest BCUT2D eigenvalue weighted by atomic mass is 10.1. The lowest BCUT2D eigenvalue weighted by Crippen LogP contribution is -2.37. The zero-order chi connectivity index (χ0) is 14.0. The summed E-state index contributed by atoms with van der Waals surface area (Å²) in [5, 5.41) is 7.62. The maximum absolute atomic E-state index is 12.1. The van der Waals surface area contributed by atoms with E-state index in [0.717, 1.165) is 5.57 Å². The SMILES string of the molecule is C=C(CNC(C)(C)C)Cn1nc2ccccn2c1=O. The van der Waals surface area contributed by atoms with Gasteiger partial charge in [-0.05, 0) is 38.5 Å². The summed E-state index contributed by atoms with van der Waals surface area (Å²) in [6.45, 7) is 11.4. The number of nitrogens with zero attached hydrogens (tertiary/aromatic N) is 3. The molecule has 2 heterocycles. The molecule has 0 atom stereocenters. The molecule has 2 aromatic rings. The molecule has 0 amide bonds. The van der Waals surface area contributed by atoms with Gasteiger partial charge in [-0.15, -0.1) is 5.10 Å². The molecule has 102 valence electrons. The van der Waals surface area contributed by atoms with Gasteiger partial charge >= 0.3 is 5.69 Å². The lowest BCUT2D eigenvalue weighted by Gasteiger charge is -2.21. The van der Waals surface area contributed by atoms with Crippen LogP contribution >= 0.6 is 0 Å². The molecule has 2 rings (SSSR count). The van der Waals surface area contributed by atoms with Crippen LogP contribution in [0.5, 0.6) is 0 Å². The molecule has 0 aliphatic heterocycles. The van der Waals surface area contributed by atoms with E-state index in [4.69, 9.17) is 0 Å². The van der Waals surface area contributed by atoms with E-state index in [1.54, 1.807) is 6.20 Å². The van der Waals surface area contributed by atoms with Crippen molar-refractivity contribution in [1.82, 2.24) is 19.5 Å². The van der Waals surface area contributed by atoms with E-state index in [0.29, 0.717) is 18.7 Å². The van der Waals surface area contributed by atoms with Crippen molar-refractivity contribution in [2.45, 2.75) is 32.9 Å². The summed E-state index contributed by atoms with van der Waals surface area (Å²) in [5.41, 5.74) is 1.49. The quantitative estimate of drug-likeness (QED) is 0.846. The van der Waals surface area contributed by atoms with E-state index in [9.17, 15) is 4.79 Å². The molecule has 0 aromatic carbocycles. The first-order chi connectivity index (χ1) is 8.87. The zero-order valence-electron chi connectivity index (χ0n) is 11.7. The minimum atomic E-state index is -0.132. The van der Waals surface area contributed by atoms with Gasteiger partial charge in [0.25, 0.3) is 0 Å². The molecule has 0 aliphatic rings. The zero-order valence-corrected chi connectivity index (χ0v) is 11.7. The molecule has 5 nitrogen and oxygen atoms in total. The van der Waals surface area contributed by atoms with Gasteiger partial charge in [0, 0.05) is 18.3 Å². The molecule has 0 spiro atoms. The van der Waals surface area contributed by atoms with E-state index >= 15 is 0 Å². The Kier molecular flexibility index (Phi) is 3.57. The second-order valence-electron chi connectivity index (χ2n) is 5.72. The van der Waals surface area contributed by atoms with Gasteiger partial charge in [-0.3, -0.25) is 4.40 Å². The average molecular weight is 260 g/mol. The van der Waals surface area contributed by atoms with Crippen molar-refractivity contribution in [1.29, 1.82) is 0 Å². The first-order valence-corrected chi connectivity index (χ1v) is 6.33. The molecule has 2 aromatic heterocycles. The van der Waals surface area contributed by atoms with E-state index < -0.39 is 0 Å². The van der Waals surface area contributed by atoms with Crippen LogP contribution in [0.25, 0.3) is 5.65 Å². The fraction of sp³-hybridized carbons (Fsp3) is 0.429. The summed E-state index contributed by atoms with van der Waals surface area (Å²) in [6.07, 6.45) is 1.72. The highest BCUT2D eigenvalue weighted by molar-refractivity contribution is 5.35. The Balaban J connectivity index is 2.11. The van der Waals surface area contributed by atoms with Crippen LogP contribution in [0.2, 0.25) is 0 Å². The van der Waals surface area contributed by atoms with Crippen molar-refractivity contribution in [3.63, 3.8) is 0 Å². The smallest absolute Gasteiger partial charge is 0.308 e. The predicted molar refractivity (Wildman–Crippen MR) is 76.3 cm³/mol. The minimum Gasteiger partial charge on any atom is -0.308 e. The fourth-order valence-electron chi connectivity index (χ4n) is 1.73. The fourth-order valence-corrected chi connectivity index (χ4v) is 1.73. The van der Waals surface area contributed by atoms with Crippen LogP contribution < -0.4 is 11.0 Å². The van der Waals surface area contributed by atoms with Crippen LogP contribution in [0.4, 0.5) is 0 Å². The number of pyridine rings is 1. The molecule has 0 saturated heterocycles. The van der Waals surface area contributed by atoms with Crippen LogP contribution in [-0.4, -0.2) is 26.3 Å². The van der Waals surface area contributed by atoms with Gasteiger partial charge in [-0.1, -0.05) is 12.6 Å². The van der Waals surface area contributed by atoms with Crippen molar-refractivity contribution in [3.8, 4) is 0 Å². The molecule has 0 saturated carbocycles. The van der Waals surface area contributed by atoms with E-state index in [1.807, 2.05) is 18.2 Å². The number of fused-ring (bicyclic) bond motifs is 1. The second kappa shape index (κ2) is 5.01. The molecule has 0 bridgehead atoms. The molecular formula is C14H20N4O. The molecule has 0 fully saturated rings. The molecule has 1 N–H and O–H groups in total. The van der Waals surface area contributed by atoms with Crippen LogP contribution in [-0.2, 0) is 6.54 Å². The van der Waals surface area contributed by atoms with Crippen LogP contribution in [0.15, 0.2) is 41.3 Å². The largest absolute Gasteiger partial charge is 0.350 e. The maximum Gasteiger partial charge on any atom is 0.350 e. The Bertz CT molecular complexity index is 645. The van der Waals surface area contributed by atoms with E-state index in [2.05, 4.69) is 37.8 Å². The highest BCUT2D eigenvalue weighted by atomic mass is 16.2. The molecule has 0 aliphatic carbocycles. The predicted octanol–water partition coefficient (Wildman–Crippen LogP) is 1.44. The van der Waals surface area contributed by atoms with Crippen molar-refractivity contribution in [2.24, 2.45) is 0 Å². The summed E-state index contributed by atoms with van der Waals surface area (Å²) >= 11 is 0. The van der Waals surface area contributed by atoms with Gasteiger partial charge in [0.15, 0.2) is 5.65 Å². The van der Waals surface area contributed by atoms with Crippen molar-refractivity contribution in [3.05, 3.63) is 47.0 Å². The summed E-state index contributed by atoms with van der Waals surface area (Å²) in [5.74, 6) is 0. The number of rotatable bonds is 4. The third-order valence-corrected chi connectivity index (χ3v) is 2.73. The monoisotopic (exact) mass is 260 g/mol. The van der Waals surface area contributed by atoms with Crippen LogP contribution in [0.3, 0.4) is 0 Å². The standard InChI is InChI=1S/C14H20N4O/c1-11(9-15-14(2,3)4)10-18-13(19)17-8-6-5-7-12(17)16-18/h5-8,15H,1,9-10H2,2-4H3. The van der Waals surface area contributed by atoms with Gasteiger partial charge in [0.05, 0.1) is 6.54 Å². The Morgan fingerprint density at radius 1 is 1.42 bits per heavy atom. The molecular weight excluding hydrogens is 240 g/mol. The van der Waals surface area contributed by atoms with Crippen molar-refractivity contribution in [2.75, 3.05) is 6.54 Å². The van der Waals surface area contributed by atoms with Gasteiger partial charge in [-0.25, -0.2) is 9.48 Å². The second-order valence-corrected chi connectivity index (χ2v) is 5.72. The third kappa shape index (κ3) is 3.32. The number of hydrogen-bond donors (Lipinski definition) is 1. The van der Waals surface area contributed by atoms with Crippen LogP contribution in [0, 0.1) is 0 Å².